The zero-order valence-corrected chi connectivity index (χ0v) is 35.5. The smallest absolute Gasteiger partial charge is 0.246 e. The molecule has 60 heavy (non-hydrogen) atoms. The van der Waals surface area contributed by atoms with Crippen molar-refractivity contribution in [1.82, 2.24) is 0 Å². The Balaban J connectivity index is 1.45. The molecule has 0 aromatic heterocycles. The third-order valence-corrected chi connectivity index (χ3v) is 13.9. The van der Waals surface area contributed by atoms with Crippen molar-refractivity contribution in [2.24, 2.45) is 0 Å². The van der Waals surface area contributed by atoms with Crippen molar-refractivity contribution in [2.75, 3.05) is 4.90 Å². The lowest BCUT2D eigenvalue weighted by Gasteiger charge is -2.56. The fourth-order valence-electron chi connectivity index (χ4n) is 11.2. The Kier molecular flexibility index (Phi) is 7.99. The molecule has 0 N–H and O–H groups in total. The Hall–Kier alpha value is -6.38. The second kappa shape index (κ2) is 13.1. The molecule has 0 radical (unpaired) electrons. The summed E-state index contributed by atoms with van der Waals surface area (Å²) in [6, 6.07) is 74.4. The van der Waals surface area contributed by atoms with E-state index in [1.165, 1.54) is 89.1 Å². The minimum Gasteiger partial charge on any atom is -0.310 e. The van der Waals surface area contributed by atoms with Crippen LogP contribution in [0.4, 0.5) is 17.1 Å². The summed E-state index contributed by atoms with van der Waals surface area (Å²) >= 11 is 0. The standard InChI is InChI=1S/C58H50BN/c1-55(2,3)43-35-48-53-50(37-43)59(45-31-20-11-21-32-45)51-38-44(56(4,5)6)36-49-54(51)60(53)52-46(57(48,39-23-12-7-13-24-39)40-25-14-8-15-26-40)33-22-34-47(52)58(49,41-27-16-9-17-28-41)42-29-18-10-19-30-42/h7-38H,1-6H3. The van der Waals surface area contributed by atoms with E-state index in [2.05, 4.69) is 241 Å². The Bertz CT molecular complexity index is 2660. The van der Waals surface area contributed by atoms with Crippen LogP contribution >= 0.6 is 0 Å². The average Bonchev–Trinajstić information content (AvgIpc) is 3.27. The number of rotatable bonds is 5. The van der Waals surface area contributed by atoms with Crippen molar-refractivity contribution in [1.29, 1.82) is 0 Å². The molecule has 8 aromatic carbocycles. The highest BCUT2D eigenvalue weighted by Crippen LogP contribution is 2.66. The van der Waals surface area contributed by atoms with E-state index in [1.807, 2.05) is 0 Å². The first kappa shape index (κ1) is 36.7. The van der Waals surface area contributed by atoms with E-state index < -0.39 is 10.8 Å². The van der Waals surface area contributed by atoms with Crippen LogP contribution in [0.15, 0.2) is 194 Å². The van der Waals surface area contributed by atoms with E-state index in [4.69, 9.17) is 0 Å². The van der Waals surface area contributed by atoms with Crippen LogP contribution in [0.5, 0.6) is 0 Å². The SMILES string of the molecule is CC(C)(C)c1cc2c3c(c1)C(c1ccccc1)(c1ccccc1)c1cccc4c1N3c1c(cc(C(C)(C)C)cc1C4(c1ccccc1)c1ccccc1)B2c1ccccc1. The summed E-state index contributed by atoms with van der Waals surface area (Å²) in [6.07, 6.45) is 0. The number of hydrogen-bond acceptors (Lipinski definition) is 1. The van der Waals surface area contributed by atoms with Crippen LogP contribution in [0.2, 0.25) is 0 Å². The van der Waals surface area contributed by atoms with Crippen molar-refractivity contribution in [3.8, 4) is 0 Å². The van der Waals surface area contributed by atoms with Gasteiger partial charge in [-0.2, -0.15) is 0 Å². The molecule has 0 saturated heterocycles. The fourth-order valence-corrected chi connectivity index (χ4v) is 11.2. The van der Waals surface area contributed by atoms with Gasteiger partial charge < -0.3 is 4.90 Å². The zero-order chi connectivity index (χ0) is 41.0. The number of nitrogens with zero attached hydrogens (tertiary/aromatic N) is 1. The summed E-state index contributed by atoms with van der Waals surface area (Å²) in [6.45, 7) is 14.3. The summed E-state index contributed by atoms with van der Waals surface area (Å²) < 4.78 is 0. The van der Waals surface area contributed by atoms with Crippen molar-refractivity contribution in [2.45, 2.75) is 63.2 Å². The van der Waals surface area contributed by atoms with Gasteiger partial charge in [-0.05, 0) is 77.4 Å². The molecule has 3 aliphatic heterocycles. The molecular formula is C58H50BN. The van der Waals surface area contributed by atoms with Gasteiger partial charge in [0.2, 0.25) is 6.71 Å². The predicted octanol–water partition coefficient (Wildman–Crippen LogP) is 12.0. The number of hydrogen-bond donors (Lipinski definition) is 0. The molecule has 0 aliphatic carbocycles. The second-order valence-corrected chi connectivity index (χ2v) is 19.3. The third kappa shape index (κ3) is 4.94. The first-order valence-corrected chi connectivity index (χ1v) is 21.6. The van der Waals surface area contributed by atoms with Crippen LogP contribution in [0.25, 0.3) is 0 Å². The molecule has 290 valence electrons. The first-order valence-electron chi connectivity index (χ1n) is 21.6. The Morgan fingerprint density at radius 3 is 1.02 bits per heavy atom. The molecule has 0 bridgehead atoms. The Labute approximate surface area is 356 Å². The fraction of sp³-hybridized carbons (Fsp3) is 0.172. The minimum absolute atomic E-state index is 0.00476. The van der Waals surface area contributed by atoms with Gasteiger partial charge in [-0.1, -0.05) is 241 Å². The quantitative estimate of drug-likeness (QED) is 0.158. The molecule has 0 atom stereocenters. The molecule has 0 saturated carbocycles. The first-order chi connectivity index (χ1) is 29.1. The molecule has 8 aromatic rings. The van der Waals surface area contributed by atoms with Crippen molar-refractivity contribution in [3.05, 3.63) is 250 Å². The number of para-hydroxylation sites is 1. The molecule has 3 heterocycles. The molecular weight excluding hydrogens is 721 g/mol. The molecule has 0 fully saturated rings. The van der Waals surface area contributed by atoms with Gasteiger partial charge in [0.15, 0.2) is 0 Å². The number of anilines is 3. The lowest BCUT2D eigenvalue weighted by molar-refractivity contribution is 0.585. The van der Waals surface area contributed by atoms with Crippen molar-refractivity contribution in [3.63, 3.8) is 0 Å². The normalized spacial score (nSPS) is 15.4. The maximum absolute atomic E-state index is 2.74. The van der Waals surface area contributed by atoms with Gasteiger partial charge in [-0.15, -0.1) is 0 Å². The third-order valence-electron chi connectivity index (χ3n) is 13.9. The van der Waals surface area contributed by atoms with Gasteiger partial charge in [-0.25, -0.2) is 0 Å². The largest absolute Gasteiger partial charge is 0.310 e. The summed E-state index contributed by atoms with van der Waals surface area (Å²) in [5.41, 5.74) is 19.6. The summed E-state index contributed by atoms with van der Waals surface area (Å²) in [7, 11) is 0. The lowest BCUT2D eigenvalue weighted by Crippen LogP contribution is -2.61. The van der Waals surface area contributed by atoms with Gasteiger partial charge in [-0.3, -0.25) is 0 Å². The summed E-state index contributed by atoms with van der Waals surface area (Å²) in [4.78, 5) is 2.74. The molecule has 0 unspecified atom stereocenters. The summed E-state index contributed by atoms with van der Waals surface area (Å²) in [5, 5.41) is 0. The number of benzene rings is 8. The van der Waals surface area contributed by atoms with Gasteiger partial charge >= 0.3 is 0 Å². The van der Waals surface area contributed by atoms with E-state index in [1.54, 1.807) is 0 Å². The van der Waals surface area contributed by atoms with Crippen LogP contribution in [-0.4, -0.2) is 6.71 Å². The minimum atomic E-state index is -0.629. The topological polar surface area (TPSA) is 3.24 Å². The van der Waals surface area contributed by atoms with Gasteiger partial charge in [0.1, 0.15) is 0 Å². The van der Waals surface area contributed by atoms with Crippen LogP contribution in [0.1, 0.15) is 97.2 Å². The van der Waals surface area contributed by atoms with E-state index >= 15 is 0 Å². The van der Waals surface area contributed by atoms with Gasteiger partial charge in [0, 0.05) is 11.4 Å². The van der Waals surface area contributed by atoms with Crippen molar-refractivity contribution < 1.29 is 0 Å². The molecule has 3 aliphatic rings. The molecule has 2 heteroatoms. The van der Waals surface area contributed by atoms with Crippen LogP contribution < -0.4 is 21.3 Å². The molecule has 0 amide bonds. The molecule has 11 rings (SSSR count). The van der Waals surface area contributed by atoms with E-state index in [9.17, 15) is 0 Å². The van der Waals surface area contributed by atoms with Gasteiger partial charge in [0.05, 0.1) is 16.5 Å². The Morgan fingerprint density at radius 1 is 0.350 bits per heavy atom. The predicted molar refractivity (Wildman–Crippen MR) is 253 cm³/mol. The highest BCUT2D eigenvalue weighted by molar-refractivity contribution is 6.98. The summed E-state index contributed by atoms with van der Waals surface area (Å²) in [5.74, 6) is 0. The van der Waals surface area contributed by atoms with Crippen molar-refractivity contribution >= 4 is 40.2 Å². The lowest BCUT2D eigenvalue weighted by atomic mass is 9.33. The van der Waals surface area contributed by atoms with Crippen LogP contribution in [-0.2, 0) is 21.7 Å². The highest BCUT2D eigenvalue weighted by Gasteiger charge is 2.57. The van der Waals surface area contributed by atoms with Crippen LogP contribution in [0, 0.1) is 0 Å². The molecule has 0 spiro atoms. The van der Waals surface area contributed by atoms with E-state index in [-0.39, 0.29) is 17.5 Å². The molecule has 1 nitrogen and oxygen atoms in total. The monoisotopic (exact) mass is 771 g/mol. The average molecular weight is 772 g/mol. The van der Waals surface area contributed by atoms with E-state index in [0.717, 1.165) is 0 Å². The maximum atomic E-state index is 2.74. The van der Waals surface area contributed by atoms with Gasteiger partial charge in [0.25, 0.3) is 0 Å². The Morgan fingerprint density at radius 2 is 0.683 bits per heavy atom. The van der Waals surface area contributed by atoms with Crippen LogP contribution in [0.3, 0.4) is 0 Å². The second-order valence-electron chi connectivity index (χ2n) is 19.3. The van der Waals surface area contributed by atoms with E-state index in [0.29, 0.717) is 0 Å². The highest BCUT2D eigenvalue weighted by atomic mass is 15.2. The maximum Gasteiger partial charge on any atom is 0.246 e. The zero-order valence-electron chi connectivity index (χ0n) is 35.5.